The number of hydrogen-bond donors (Lipinski definition) is 0. The third-order valence-corrected chi connectivity index (χ3v) is 25.5. The molecular formula is C70H75ClF6N16O16S3. The van der Waals surface area contributed by atoms with Crippen LogP contribution in [-0.4, -0.2) is 189 Å². The minimum absolute atomic E-state index is 0.000157. The summed E-state index contributed by atoms with van der Waals surface area (Å²) < 4.78 is 184. The normalized spacial score (nSPS) is 17.2. The van der Waals surface area contributed by atoms with Crippen LogP contribution in [0, 0.1) is 55.1 Å². The number of hydrogen-bond acceptors (Lipinski definition) is 24. The first-order chi connectivity index (χ1) is 53.5. The molecule has 3 saturated carbocycles. The van der Waals surface area contributed by atoms with Gasteiger partial charge in [0, 0.05) is 108 Å². The molecule has 3 aromatic carbocycles. The van der Waals surface area contributed by atoms with E-state index >= 15 is 0 Å². The van der Waals surface area contributed by atoms with Crippen LogP contribution in [0.2, 0.25) is 0 Å². The van der Waals surface area contributed by atoms with Crippen LogP contribution < -0.4 is 45.6 Å². The molecule has 0 unspecified atom stereocenters. The minimum atomic E-state index is -3.91. The Morgan fingerprint density at radius 2 is 0.759 bits per heavy atom. The summed E-state index contributed by atoms with van der Waals surface area (Å²) in [5.41, 5.74) is -0.741. The van der Waals surface area contributed by atoms with E-state index in [0.29, 0.717) is 53.9 Å². The zero-order valence-corrected chi connectivity index (χ0v) is 63.0. The molecule has 8 heterocycles. The van der Waals surface area contributed by atoms with Crippen molar-refractivity contribution in [2.24, 2.45) is 0 Å². The highest BCUT2D eigenvalue weighted by molar-refractivity contribution is 7.90. The van der Waals surface area contributed by atoms with Crippen molar-refractivity contribution in [1.29, 1.82) is 0 Å². The monoisotopic (exact) mass is 1640 g/mol. The lowest BCUT2D eigenvalue weighted by atomic mass is 10.2. The van der Waals surface area contributed by atoms with Gasteiger partial charge in [0.2, 0.25) is 47.3 Å². The molecule has 14 rings (SSSR count). The Kier molecular flexibility index (Phi) is 25.6. The van der Waals surface area contributed by atoms with Crippen LogP contribution >= 0.6 is 11.6 Å². The lowest BCUT2D eigenvalue weighted by Crippen LogP contribution is -2.49. The van der Waals surface area contributed by atoms with Crippen molar-refractivity contribution in [3.8, 4) is 34.3 Å². The zero-order chi connectivity index (χ0) is 79.8. The van der Waals surface area contributed by atoms with Crippen LogP contribution in [0.4, 0.5) is 55.0 Å². The van der Waals surface area contributed by atoms with Gasteiger partial charge in [0.15, 0.2) is 0 Å². The molecule has 0 spiro atoms. The molecule has 5 aromatic heterocycles. The SMILES string of the molecule is O=c1c(OC2CCCC2)c(N2CCN(S(=O)(=O)CCl)CC2)cnn1-c1cc(F)cc(F)c1.O=c1c(OC2CCCC2)c(N2CCN(S(=O)(=O)Cc3ccc([N+](=O)[O-])nc3)CC2)cnn1-c1cc(F)cc(F)c1.O=c1c(OC2CCCC2)c(N2CCN(S(=O)(=O)Cc3cccnc3[N+](=O)[O-])CC2)cnn1-c1cc(F)cc(F)c1. The third-order valence-electron chi connectivity index (χ3n) is 19.6. The van der Waals surface area contributed by atoms with E-state index in [4.69, 9.17) is 25.8 Å². The van der Waals surface area contributed by atoms with Crippen molar-refractivity contribution < 1.29 is 75.7 Å². The number of nitro groups is 2. The molecule has 0 N–H and O–H groups in total. The van der Waals surface area contributed by atoms with E-state index in [2.05, 4.69) is 25.3 Å². The summed E-state index contributed by atoms with van der Waals surface area (Å²) in [6.07, 6.45) is 16.5. The molecule has 598 valence electrons. The fourth-order valence-electron chi connectivity index (χ4n) is 13.9. The molecule has 8 aromatic rings. The molecule has 42 heteroatoms. The fourth-order valence-corrected chi connectivity index (χ4v) is 18.2. The van der Waals surface area contributed by atoms with Gasteiger partial charge >= 0.3 is 28.3 Å². The Morgan fingerprint density at radius 1 is 0.429 bits per heavy atom. The summed E-state index contributed by atoms with van der Waals surface area (Å²) >= 11 is 5.55. The van der Waals surface area contributed by atoms with Gasteiger partial charge in [0.25, 0.3) is 0 Å². The zero-order valence-electron chi connectivity index (χ0n) is 59.8. The van der Waals surface area contributed by atoms with Crippen molar-refractivity contribution in [2.45, 2.75) is 107 Å². The molecule has 0 radical (unpaired) electrons. The van der Waals surface area contributed by atoms with E-state index in [9.17, 15) is 86.2 Å². The largest absolute Gasteiger partial charge is 0.483 e. The summed E-state index contributed by atoms with van der Waals surface area (Å²) in [6.45, 7) is 2.23. The minimum Gasteiger partial charge on any atom is -0.483 e. The predicted molar refractivity (Wildman–Crippen MR) is 396 cm³/mol. The molecule has 3 saturated heterocycles. The number of piperazine rings is 3. The molecule has 3 aliphatic heterocycles. The first kappa shape index (κ1) is 81.3. The number of sulfonamides is 3. The number of alkyl halides is 1. The van der Waals surface area contributed by atoms with Crippen molar-refractivity contribution in [2.75, 3.05) is 98.4 Å². The summed E-state index contributed by atoms with van der Waals surface area (Å²) in [5, 5.41) is 34.0. The van der Waals surface area contributed by atoms with E-state index in [1.807, 2.05) is 4.90 Å². The quantitative estimate of drug-likeness (QED) is 0.0268. The van der Waals surface area contributed by atoms with Crippen LogP contribution in [0.25, 0.3) is 17.1 Å². The van der Waals surface area contributed by atoms with E-state index in [1.165, 1.54) is 62.1 Å². The van der Waals surface area contributed by atoms with Gasteiger partial charge in [0.05, 0.1) is 71.0 Å². The predicted octanol–water partition coefficient (Wildman–Crippen LogP) is 8.05. The highest BCUT2D eigenvalue weighted by Gasteiger charge is 2.36. The topological polar surface area (TPSA) is 366 Å². The first-order valence-electron chi connectivity index (χ1n) is 35.7. The number of rotatable bonds is 22. The fraction of sp³-hybridized carbons (Fsp3) is 0.429. The average Bonchev–Trinajstić information content (AvgIpc) is 0.969. The van der Waals surface area contributed by atoms with Gasteiger partial charge in [-0.3, -0.25) is 14.4 Å². The molecule has 0 amide bonds. The second kappa shape index (κ2) is 35.2. The van der Waals surface area contributed by atoms with Gasteiger partial charge in [-0.05, 0) is 151 Å². The highest BCUT2D eigenvalue weighted by Crippen LogP contribution is 2.35. The van der Waals surface area contributed by atoms with E-state index in [1.54, 1.807) is 9.80 Å². The Bertz CT molecular complexity index is 5270. The standard InChI is InChI=1S/2C25H26F2N6O6S.C20H23ClF2N4O4S/c26-18-12-19(27)14-20(13-18)32-25(34)23(39-21-5-1-2-6-21)22(15-29-32)30-8-10-31(11-9-30)40(37,38)16-17-4-3-7-28-24(17)33(35)36;26-18-11-19(27)13-20(12-18)32-25(34)24(39-21-3-1-2-4-21)22(15-29-32)30-7-9-31(10-8-30)40(37,38)16-17-5-6-23(28-14-17)33(35)36;21-13-32(29,30)26-7-5-25(6-8-26)18-12-24-27(16-10-14(22)9-15(23)11-16)20(28)19(18)31-17-3-1-2-4-17/h3-4,7,12-15,21H,1-2,5-6,8-11,16H2;5-6,11-15,21H,1-4,7-10,16H2;9-12,17H,1-8,13H2. The van der Waals surface area contributed by atoms with Gasteiger partial charge < -0.3 is 49.1 Å². The number of aromatic nitrogens is 8. The Labute approximate surface area is 641 Å². The van der Waals surface area contributed by atoms with Gasteiger partial charge in [-0.25, -0.2) is 51.6 Å². The van der Waals surface area contributed by atoms with E-state index < -0.39 is 108 Å². The lowest BCUT2D eigenvalue weighted by Gasteiger charge is -2.36. The summed E-state index contributed by atoms with van der Waals surface area (Å²) in [6, 6.07) is 13.4. The van der Waals surface area contributed by atoms with E-state index in [-0.39, 0.29) is 135 Å². The van der Waals surface area contributed by atoms with Gasteiger partial charge in [-0.15, -0.1) is 11.6 Å². The van der Waals surface area contributed by atoms with Crippen LogP contribution in [-0.2, 0) is 41.6 Å². The number of benzene rings is 3. The van der Waals surface area contributed by atoms with Crippen molar-refractivity contribution in [3.05, 3.63) is 207 Å². The molecule has 6 fully saturated rings. The average molecular weight is 1640 g/mol. The molecule has 3 aliphatic carbocycles. The van der Waals surface area contributed by atoms with Crippen LogP contribution in [0.15, 0.2) is 124 Å². The maximum absolute atomic E-state index is 13.9. The van der Waals surface area contributed by atoms with Gasteiger partial charge in [-0.2, -0.15) is 42.3 Å². The second-order valence-corrected chi connectivity index (χ2v) is 33.6. The smallest absolute Gasteiger partial charge is 0.367 e. The Balaban J connectivity index is 0.000000157. The van der Waals surface area contributed by atoms with Gasteiger partial charge in [0.1, 0.15) is 69.6 Å². The summed E-state index contributed by atoms with van der Waals surface area (Å²) in [5.74, 6) is -6.88. The van der Waals surface area contributed by atoms with Crippen LogP contribution in [0.3, 0.4) is 0 Å². The first-order valence-corrected chi connectivity index (χ1v) is 41.1. The lowest BCUT2D eigenvalue weighted by molar-refractivity contribution is -0.390. The Hall–Kier alpha value is -10.2. The second-order valence-electron chi connectivity index (χ2n) is 27.1. The molecule has 0 bridgehead atoms. The molecule has 112 heavy (non-hydrogen) atoms. The van der Waals surface area contributed by atoms with Gasteiger partial charge in [-0.1, -0.05) is 0 Å². The number of ether oxygens (including phenoxy) is 3. The molecule has 6 aliphatic rings. The van der Waals surface area contributed by atoms with Crippen molar-refractivity contribution in [3.63, 3.8) is 0 Å². The molecular weight excluding hydrogens is 1570 g/mol. The van der Waals surface area contributed by atoms with Crippen molar-refractivity contribution in [1.82, 2.24) is 52.2 Å². The summed E-state index contributed by atoms with van der Waals surface area (Å²) in [4.78, 5) is 73.7. The van der Waals surface area contributed by atoms with Crippen molar-refractivity contribution >= 4 is 70.4 Å². The van der Waals surface area contributed by atoms with Crippen LogP contribution in [0.5, 0.6) is 17.2 Å². The number of nitrogens with zero attached hydrogens (tertiary/aromatic N) is 16. The Morgan fingerprint density at radius 3 is 1.06 bits per heavy atom. The number of halogens is 7. The molecule has 32 nitrogen and oxygen atoms in total. The third kappa shape index (κ3) is 19.5. The maximum atomic E-state index is 13.9. The molecule has 0 atom stereocenters. The van der Waals surface area contributed by atoms with E-state index in [0.717, 1.165) is 134 Å². The maximum Gasteiger partial charge on any atom is 0.367 e. The van der Waals surface area contributed by atoms with Crippen LogP contribution in [0.1, 0.15) is 88.2 Å². The number of pyridine rings is 2. The summed E-state index contributed by atoms with van der Waals surface area (Å²) in [7, 11) is -11.2. The highest BCUT2D eigenvalue weighted by atomic mass is 35.5. The number of anilines is 3.